The number of hydrogen-bond acceptors (Lipinski definition) is 4. The first-order valence-corrected chi connectivity index (χ1v) is 9.38. The van der Waals surface area contributed by atoms with Gasteiger partial charge in [-0.15, -0.1) is 22.7 Å². The summed E-state index contributed by atoms with van der Waals surface area (Å²) in [4.78, 5) is 14.3. The minimum Gasteiger partial charge on any atom is -0.396 e. The molecule has 0 bridgehead atoms. The quantitative estimate of drug-likeness (QED) is 0.672. The molecule has 0 spiro atoms. The minimum atomic E-state index is -0.0138. The van der Waals surface area contributed by atoms with Crippen LogP contribution in [0.5, 0.6) is 0 Å². The summed E-state index contributed by atoms with van der Waals surface area (Å²) >= 11 is 3.23. The zero-order chi connectivity index (χ0) is 16.1. The monoisotopic (exact) mass is 345 g/mol. The maximum absolute atomic E-state index is 12.3. The number of hydrogen-bond donors (Lipinski definition) is 2. The van der Waals surface area contributed by atoms with E-state index in [2.05, 4.69) is 16.8 Å². The number of thiophene rings is 2. The van der Waals surface area contributed by atoms with Gasteiger partial charge >= 0.3 is 0 Å². The third-order valence-electron chi connectivity index (χ3n) is 3.85. The van der Waals surface area contributed by atoms with E-state index in [-0.39, 0.29) is 12.5 Å². The van der Waals surface area contributed by atoms with Gasteiger partial charge in [-0.1, -0.05) is 24.3 Å². The van der Waals surface area contributed by atoms with Crippen LogP contribution in [0.3, 0.4) is 0 Å². The van der Waals surface area contributed by atoms with Crippen molar-refractivity contribution in [1.82, 2.24) is 5.32 Å². The van der Waals surface area contributed by atoms with E-state index in [0.717, 1.165) is 27.8 Å². The van der Waals surface area contributed by atoms with E-state index in [9.17, 15) is 9.90 Å². The number of carbonyl (C=O) groups is 1. The smallest absolute Gasteiger partial charge is 0.261 e. The van der Waals surface area contributed by atoms with E-state index in [1.165, 1.54) is 16.2 Å². The van der Waals surface area contributed by atoms with Crippen LogP contribution in [0.4, 0.5) is 0 Å². The van der Waals surface area contributed by atoms with Gasteiger partial charge in [0.2, 0.25) is 0 Å². The molecule has 0 fully saturated rings. The van der Waals surface area contributed by atoms with E-state index in [1.54, 1.807) is 11.3 Å². The molecule has 0 aliphatic heterocycles. The van der Waals surface area contributed by atoms with Crippen LogP contribution in [0.2, 0.25) is 0 Å². The lowest BCUT2D eigenvalue weighted by Gasteiger charge is -2.14. The average Bonchev–Trinajstić information content (AvgIpc) is 3.23. The molecule has 3 aromatic rings. The van der Waals surface area contributed by atoms with Gasteiger partial charge in [0, 0.05) is 22.7 Å². The van der Waals surface area contributed by atoms with Crippen molar-refractivity contribution in [3.63, 3.8) is 0 Å². The Morgan fingerprint density at radius 2 is 2.04 bits per heavy atom. The van der Waals surface area contributed by atoms with Crippen LogP contribution in [-0.2, 0) is 0 Å². The van der Waals surface area contributed by atoms with Crippen molar-refractivity contribution in [2.45, 2.75) is 18.8 Å². The molecule has 0 unspecified atom stereocenters. The van der Waals surface area contributed by atoms with Gasteiger partial charge < -0.3 is 10.4 Å². The lowest BCUT2D eigenvalue weighted by Crippen LogP contribution is -2.24. The first-order chi connectivity index (χ1) is 11.3. The predicted molar refractivity (Wildman–Crippen MR) is 97.5 cm³/mol. The highest BCUT2D eigenvalue weighted by atomic mass is 32.1. The first kappa shape index (κ1) is 16.2. The molecule has 2 heterocycles. The van der Waals surface area contributed by atoms with Gasteiger partial charge in [-0.05, 0) is 47.7 Å². The van der Waals surface area contributed by atoms with Gasteiger partial charge in [0.25, 0.3) is 5.91 Å². The van der Waals surface area contributed by atoms with Crippen LogP contribution in [0.15, 0.2) is 47.8 Å². The fourth-order valence-corrected chi connectivity index (χ4v) is 4.53. The second-order valence-corrected chi connectivity index (χ2v) is 7.48. The van der Waals surface area contributed by atoms with Crippen molar-refractivity contribution in [3.8, 4) is 0 Å². The molecule has 23 heavy (non-hydrogen) atoms. The summed E-state index contributed by atoms with van der Waals surface area (Å²) in [5.74, 6) is 0.294. The number of amides is 1. The predicted octanol–water partition coefficient (Wildman–Crippen LogP) is 4.25. The van der Waals surface area contributed by atoms with E-state index in [0.29, 0.717) is 12.5 Å². The molecule has 1 aromatic carbocycles. The maximum atomic E-state index is 12.3. The summed E-state index contributed by atoms with van der Waals surface area (Å²) in [6.07, 6.45) is 1.58. The number of nitrogens with one attached hydrogen (secondary N) is 1. The molecular formula is C18H19NO2S2. The third-order valence-corrected chi connectivity index (χ3v) is 6.00. The maximum Gasteiger partial charge on any atom is 0.261 e. The SMILES string of the molecule is O=C(NCC[C@@H](CCO)c1cccs1)c1cc2ccccc2s1. The van der Waals surface area contributed by atoms with Crippen LogP contribution in [-0.4, -0.2) is 24.2 Å². The molecule has 3 rings (SSSR count). The van der Waals surface area contributed by atoms with Gasteiger partial charge in [0.15, 0.2) is 0 Å². The summed E-state index contributed by atoms with van der Waals surface area (Å²) in [6, 6.07) is 14.1. The Hall–Kier alpha value is -1.69. The normalized spacial score (nSPS) is 12.4. The summed E-state index contributed by atoms with van der Waals surface area (Å²) in [7, 11) is 0. The van der Waals surface area contributed by atoms with Crippen molar-refractivity contribution < 1.29 is 9.90 Å². The third kappa shape index (κ3) is 3.99. The van der Waals surface area contributed by atoms with Crippen LogP contribution in [0.25, 0.3) is 10.1 Å². The number of fused-ring (bicyclic) bond motifs is 1. The highest BCUT2D eigenvalue weighted by Crippen LogP contribution is 2.27. The lowest BCUT2D eigenvalue weighted by molar-refractivity contribution is 0.0956. The Morgan fingerprint density at radius 3 is 2.78 bits per heavy atom. The van der Waals surface area contributed by atoms with Crippen molar-refractivity contribution in [3.05, 3.63) is 57.6 Å². The second-order valence-electron chi connectivity index (χ2n) is 5.42. The van der Waals surface area contributed by atoms with Gasteiger partial charge in [-0.2, -0.15) is 0 Å². The largest absolute Gasteiger partial charge is 0.396 e. The molecule has 0 radical (unpaired) electrons. The van der Waals surface area contributed by atoms with Gasteiger partial charge in [0.05, 0.1) is 4.88 Å². The average molecular weight is 345 g/mol. The second kappa shape index (κ2) is 7.73. The molecule has 2 N–H and O–H groups in total. The van der Waals surface area contributed by atoms with E-state index in [1.807, 2.05) is 36.4 Å². The Kier molecular flexibility index (Phi) is 5.43. The Balaban J connectivity index is 1.57. The van der Waals surface area contributed by atoms with Gasteiger partial charge in [0.1, 0.15) is 0 Å². The molecule has 5 heteroatoms. The summed E-state index contributed by atoms with van der Waals surface area (Å²) in [5.41, 5.74) is 0. The van der Waals surface area contributed by atoms with E-state index in [4.69, 9.17) is 0 Å². The molecule has 3 nitrogen and oxygen atoms in total. The molecule has 1 atom stereocenters. The Bertz CT molecular complexity index is 731. The fraction of sp³-hybridized carbons (Fsp3) is 0.278. The van der Waals surface area contributed by atoms with Crippen molar-refractivity contribution in [2.24, 2.45) is 0 Å². The molecule has 0 saturated heterocycles. The fourth-order valence-electron chi connectivity index (χ4n) is 2.65. The first-order valence-electron chi connectivity index (χ1n) is 7.69. The summed E-state index contributed by atoms with van der Waals surface area (Å²) in [5, 5.41) is 15.4. The summed E-state index contributed by atoms with van der Waals surface area (Å²) < 4.78 is 1.13. The minimum absolute atomic E-state index is 0.0138. The van der Waals surface area contributed by atoms with Crippen molar-refractivity contribution in [1.29, 1.82) is 0 Å². The van der Waals surface area contributed by atoms with E-state index < -0.39 is 0 Å². The van der Waals surface area contributed by atoms with Crippen molar-refractivity contribution >= 4 is 38.7 Å². The van der Waals surface area contributed by atoms with E-state index >= 15 is 0 Å². The topological polar surface area (TPSA) is 49.3 Å². The number of aliphatic hydroxyl groups is 1. The van der Waals surface area contributed by atoms with Crippen LogP contribution < -0.4 is 5.32 Å². The van der Waals surface area contributed by atoms with Crippen molar-refractivity contribution in [2.75, 3.05) is 13.2 Å². The Morgan fingerprint density at radius 1 is 1.17 bits per heavy atom. The number of aliphatic hydroxyl groups excluding tert-OH is 1. The number of benzene rings is 1. The van der Waals surface area contributed by atoms with Gasteiger partial charge in [-0.3, -0.25) is 4.79 Å². The molecular weight excluding hydrogens is 326 g/mol. The molecule has 1 amide bonds. The zero-order valence-corrected chi connectivity index (χ0v) is 14.3. The molecule has 120 valence electrons. The standard InChI is InChI=1S/C18H19NO2S2/c20-10-8-13(15-6-3-11-22-15)7-9-19-18(21)17-12-14-4-1-2-5-16(14)23-17/h1-6,11-13,20H,7-10H2,(H,19,21)/t13-/m0/s1. The molecule has 0 aliphatic carbocycles. The highest BCUT2D eigenvalue weighted by molar-refractivity contribution is 7.20. The van der Waals surface area contributed by atoms with Crippen LogP contribution in [0.1, 0.15) is 33.3 Å². The highest BCUT2D eigenvalue weighted by Gasteiger charge is 2.14. The molecule has 0 saturated carbocycles. The lowest BCUT2D eigenvalue weighted by atomic mass is 10.00. The summed E-state index contributed by atoms with van der Waals surface area (Å²) in [6.45, 7) is 0.794. The molecule has 0 aliphatic rings. The molecule has 2 aromatic heterocycles. The van der Waals surface area contributed by atoms with Crippen LogP contribution in [0, 0.1) is 0 Å². The Labute approximate surface area is 143 Å². The van der Waals surface area contributed by atoms with Gasteiger partial charge in [-0.25, -0.2) is 0 Å². The number of rotatable bonds is 7. The zero-order valence-electron chi connectivity index (χ0n) is 12.7. The van der Waals surface area contributed by atoms with Crippen LogP contribution >= 0.6 is 22.7 Å². The number of carbonyl (C=O) groups excluding carboxylic acids is 1.